The van der Waals surface area contributed by atoms with Crippen molar-refractivity contribution in [3.8, 4) is 5.75 Å². The van der Waals surface area contributed by atoms with Gasteiger partial charge in [0.2, 0.25) is 0 Å². The Kier molecular flexibility index (Phi) is 10.5. The first-order valence-corrected chi connectivity index (χ1v) is 14.5. The van der Waals surface area contributed by atoms with Gasteiger partial charge >= 0.3 is 0 Å². The van der Waals surface area contributed by atoms with E-state index in [1.54, 1.807) is 11.8 Å². The molecule has 8 heteroatoms. The van der Waals surface area contributed by atoms with Gasteiger partial charge in [-0.15, -0.1) is 0 Å². The van der Waals surface area contributed by atoms with E-state index in [9.17, 15) is 8.42 Å². The molecule has 0 radical (unpaired) electrons. The largest absolute Gasteiger partial charge is 0.489 e. The van der Waals surface area contributed by atoms with Crippen molar-refractivity contribution in [1.29, 1.82) is 0 Å². The Morgan fingerprint density at radius 2 is 1.78 bits per heavy atom. The summed E-state index contributed by atoms with van der Waals surface area (Å²) in [7, 11) is -4.20. The molecular weight excluding hydrogens is 514 g/mol. The van der Waals surface area contributed by atoms with E-state index in [-0.39, 0.29) is 0 Å². The Morgan fingerprint density at radius 3 is 2.47 bits per heavy atom. The fourth-order valence-corrected chi connectivity index (χ4v) is 5.57. The maximum Gasteiger partial charge on any atom is 0.287 e. The molecule has 0 amide bonds. The van der Waals surface area contributed by atoms with Crippen LogP contribution in [0.25, 0.3) is 0 Å². The molecule has 0 aliphatic carbocycles. The van der Waals surface area contributed by atoms with Gasteiger partial charge in [0.25, 0.3) is 10.1 Å². The highest BCUT2D eigenvalue weighted by atomic mass is 35.5. The highest BCUT2D eigenvalue weighted by Gasteiger charge is 2.21. The molecule has 1 atom stereocenters. The minimum Gasteiger partial charge on any atom is -0.489 e. The molecule has 0 saturated carbocycles. The predicted molar refractivity (Wildman–Crippen MR) is 148 cm³/mol. The third kappa shape index (κ3) is 9.64. The molecule has 0 aliphatic rings. The van der Waals surface area contributed by atoms with Gasteiger partial charge in [-0.05, 0) is 67.1 Å². The molecule has 0 saturated heterocycles. The fraction of sp³-hybridized carbons (Fsp3) is 0.286. The number of hydrogen-bond donors (Lipinski definition) is 2. The molecule has 3 rings (SSSR count). The van der Waals surface area contributed by atoms with E-state index in [1.807, 2.05) is 79.7 Å². The standard InChI is InChI=1S/C28H32ClNO4S2/c1-2-15-28(30,17-18-36(31,32)33)16-7-10-23-13-14-26(20-27(23)29)35-25-12-6-11-24(19-25)34-21-22-8-4-3-5-9-22/h3-6,8-9,11-14,17-20H,2,7,10,15-16,21,30H2,1H3,(H,31,32,33)/b18-17+. The van der Waals surface area contributed by atoms with Crippen molar-refractivity contribution >= 4 is 33.5 Å². The summed E-state index contributed by atoms with van der Waals surface area (Å²) >= 11 is 8.20. The van der Waals surface area contributed by atoms with Crippen molar-refractivity contribution in [2.24, 2.45) is 5.73 Å². The van der Waals surface area contributed by atoms with Gasteiger partial charge in [-0.3, -0.25) is 4.55 Å². The van der Waals surface area contributed by atoms with Crippen LogP contribution in [0.4, 0.5) is 0 Å². The van der Waals surface area contributed by atoms with Gasteiger partial charge < -0.3 is 10.5 Å². The summed E-state index contributed by atoms with van der Waals surface area (Å²) < 4.78 is 37.1. The van der Waals surface area contributed by atoms with Crippen LogP contribution < -0.4 is 10.5 Å². The predicted octanol–water partition coefficient (Wildman–Crippen LogP) is 7.29. The van der Waals surface area contributed by atoms with Crippen LogP contribution in [-0.2, 0) is 23.1 Å². The molecule has 5 nitrogen and oxygen atoms in total. The van der Waals surface area contributed by atoms with Crippen molar-refractivity contribution < 1.29 is 17.7 Å². The van der Waals surface area contributed by atoms with Crippen molar-refractivity contribution in [3.63, 3.8) is 0 Å². The first kappa shape index (κ1) is 28.3. The van der Waals surface area contributed by atoms with Crippen LogP contribution in [0.15, 0.2) is 94.1 Å². The lowest BCUT2D eigenvalue weighted by molar-refractivity contribution is 0.305. The summed E-state index contributed by atoms with van der Waals surface area (Å²) in [5.41, 5.74) is 7.73. The highest BCUT2D eigenvalue weighted by molar-refractivity contribution is 7.99. The van der Waals surface area contributed by atoms with Crippen molar-refractivity contribution in [1.82, 2.24) is 0 Å². The van der Waals surface area contributed by atoms with E-state index in [4.69, 9.17) is 26.6 Å². The van der Waals surface area contributed by atoms with E-state index >= 15 is 0 Å². The molecule has 1 unspecified atom stereocenters. The Bertz CT molecular complexity index is 1270. The molecule has 0 spiro atoms. The van der Waals surface area contributed by atoms with Gasteiger partial charge in [-0.1, -0.05) is 85.2 Å². The molecular formula is C28H32ClNO4S2. The van der Waals surface area contributed by atoms with Gasteiger partial charge in [0.15, 0.2) is 0 Å². The maximum absolute atomic E-state index is 11.1. The van der Waals surface area contributed by atoms with Crippen molar-refractivity contribution in [3.05, 3.63) is 100 Å². The van der Waals surface area contributed by atoms with Crippen LogP contribution >= 0.6 is 23.4 Å². The zero-order chi connectivity index (χ0) is 26.0. The minimum atomic E-state index is -4.20. The monoisotopic (exact) mass is 545 g/mol. The molecule has 0 heterocycles. The first-order chi connectivity index (χ1) is 17.2. The minimum absolute atomic E-state index is 0.517. The Balaban J connectivity index is 1.57. The van der Waals surface area contributed by atoms with Gasteiger partial charge in [0.1, 0.15) is 12.4 Å². The van der Waals surface area contributed by atoms with E-state index in [0.717, 1.165) is 51.3 Å². The van der Waals surface area contributed by atoms with Crippen LogP contribution in [-0.4, -0.2) is 18.5 Å². The fourth-order valence-electron chi connectivity index (χ4n) is 3.89. The molecule has 0 fully saturated rings. The van der Waals surface area contributed by atoms with Crippen molar-refractivity contribution in [2.45, 2.75) is 61.0 Å². The molecule has 3 aromatic carbocycles. The normalized spacial score (nSPS) is 13.6. The summed E-state index contributed by atoms with van der Waals surface area (Å²) in [5, 5.41) is 1.46. The van der Waals surface area contributed by atoms with Crippen LogP contribution in [0.2, 0.25) is 5.02 Å². The number of benzene rings is 3. The topological polar surface area (TPSA) is 89.6 Å². The van der Waals surface area contributed by atoms with E-state index in [0.29, 0.717) is 24.5 Å². The Labute approximate surface area is 223 Å². The number of ether oxygens (including phenoxy) is 1. The zero-order valence-corrected chi connectivity index (χ0v) is 22.7. The lowest BCUT2D eigenvalue weighted by atomic mass is 9.88. The molecule has 0 bridgehead atoms. The van der Waals surface area contributed by atoms with Crippen LogP contribution in [0, 0.1) is 0 Å². The second-order valence-electron chi connectivity index (χ2n) is 8.76. The first-order valence-electron chi connectivity index (χ1n) is 11.8. The van der Waals surface area contributed by atoms with Gasteiger partial charge in [-0.25, -0.2) is 0 Å². The Hall–Kier alpha value is -2.29. The average molecular weight is 546 g/mol. The summed E-state index contributed by atoms with van der Waals surface area (Å²) in [6, 6.07) is 24.1. The number of rotatable bonds is 13. The molecule has 3 N–H and O–H groups in total. The summed E-state index contributed by atoms with van der Waals surface area (Å²) in [6.45, 7) is 2.50. The average Bonchev–Trinajstić information content (AvgIpc) is 2.84. The van der Waals surface area contributed by atoms with Gasteiger partial charge in [0, 0.05) is 20.4 Å². The van der Waals surface area contributed by atoms with E-state index in [1.165, 1.54) is 6.08 Å². The zero-order valence-electron chi connectivity index (χ0n) is 20.3. The van der Waals surface area contributed by atoms with Crippen LogP contribution in [0.1, 0.15) is 43.7 Å². The summed E-state index contributed by atoms with van der Waals surface area (Å²) in [5.74, 6) is 0.812. The molecule has 3 aromatic rings. The lowest BCUT2D eigenvalue weighted by Crippen LogP contribution is -2.37. The maximum atomic E-state index is 11.1. The molecule has 192 valence electrons. The summed E-state index contributed by atoms with van der Waals surface area (Å²) in [6.07, 6.45) is 4.85. The smallest absolute Gasteiger partial charge is 0.287 e. The number of nitrogens with two attached hydrogens (primary N) is 1. The van der Waals surface area contributed by atoms with Gasteiger partial charge in [-0.2, -0.15) is 8.42 Å². The van der Waals surface area contributed by atoms with Crippen LogP contribution in [0.5, 0.6) is 5.75 Å². The van der Waals surface area contributed by atoms with Gasteiger partial charge in [0.05, 0.1) is 5.41 Å². The lowest BCUT2D eigenvalue weighted by Gasteiger charge is -2.25. The third-order valence-electron chi connectivity index (χ3n) is 5.69. The van der Waals surface area contributed by atoms with Crippen molar-refractivity contribution in [2.75, 3.05) is 0 Å². The number of aryl methyl sites for hydroxylation is 1. The molecule has 0 aliphatic heterocycles. The van der Waals surface area contributed by atoms with Crippen LogP contribution in [0.3, 0.4) is 0 Å². The van der Waals surface area contributed by atoms with E-state index < -0.39 is 15.7 Å². The van der Waals surface area contributed by atoms with E-state index in [2.05, 4.69) is 0 Å². The highest BCUT2D eigenvalue weighted by Crippen LogP contribution is 2.33. The third-order valence-corrected chi connectivity index (χ3v) is 7.50. The molecule has 0 aromatic heterocycles. The molecule has 36 heavy (non-hydrogen) atoms. The summed E-state index contributed by atoms with van der Waals surface area (Å²) in [4.78, 5) is 2.08. The Morgan fingerprint density at radius 1 is 1.03 bits per heavy atom. The quantitative estimate of drug-likeness (QED) is 0.219. The number of halogens is 1. The second-order valence-corrected chi connectivity index (χ2v) is 11.6. The second kappa shape index (κ2) is 13.3. The SMILES string of the molecule is CCCC(N)(/C=C/S(=O)(=O)O)CCCc1ccc(Sc2cccc(OCc3ccccc3)c2)cc1Cl. The number of hydrogen-bond acceptors (Lipinski definition) is 5.